The molecule has 3 fully saturated rings. The van der Waals surface area contributed by atoms with Gasteiger partial charge in [0.25, 0.3) is 5.91 Å². The fourth-order valence-electron chi connectivity index (χ4n) is 5.62. The van der Waals surface area contributed by atoms with Gasteiger partial charge in [-0.2, -0.15) is 0 Å². The van der Waals surface area contributed by atoms with Gasteiger partial charge in [0.2, 0.25) is 11.8 Å². The quantitative estimate of drug-likeness (QED) is 0.750. The molecule has 3 aliphatic heterocycles. The summed E-state index contributed by atoms with van der Waals surface area (Å²) in [4.78, 5) is 40.8. The minimum atomic E-state index is -0.581. The Kier molecular flexibility index (Phi) is 5.46. The van der Waals surface area contributed by atoms with Gasteiger partial charge in [0.1, 0.15) is 17.9 Å². The number of nitrogens with one attached hydrogen (secondary N) is 1. The first-order chi connectivity index (χ1) is 15.0. The standard InChI is InChI=1S/C24H31N3O4/c1-15-9-11-26(12-10-15)19-3-2-4-21(19)31-17-5-6-18-16(13-17)14-27(24(18)30)20-7-8-22(28)25-23(20)29/h5-6,13,15,19-21H,2-4,7-12,14H2,1H3,(H,25,28,29)/t19-,20?,21+/m1/s1. The number of carbonyl (C=O) groups is 3. The van der Waals surface area contributed by atoms with Gasteiger partial charge < -0.3 is 9.64 Å². The molecule has 1 aromatic rings. The van der Waals surface area contributed by atoms with Crippen molar-refractivity contribution >= 4 is 17.7 Å². The number of piperidine rings is 2. The normalized spacial score (nSPS) is 29.9. The van der Waals surface area contributed by atoms with E-state index in [4.69, 9.17) is 4.74 Å². The molecule has 0 spiro atoms. The molecule has 4 aliphatic rings. The van der Waals surface area contributed by atoms with Crippen molar-refractivity contribution in [2.24, 2.45) is 5.92 Å². The monoisotopic (exact) mass is 425 g/mol. The summed E-state index contributed by atoms with van der Waals surface area (Å²) >= 11 is 0. The zero-order valence-corrected chi connectivity index (χ0v) is 18.1. The van der Waals surface area contributed by atoms with Crippen molar-refractivity contribution in [3.8, 4) is 5.75 Å². The lowest BCUT2D eigenvalue weighted by Crippen LogP contribution is -2.52. The Hall–Kier alpha value is -2.41. The highest BCUT2D eigenvalue weighted by atomic mass is 16.5. The average molecular weight is 426 g/mol. The topological polar surface area (TPSA) is 79.0 Å². The molecule has 31 heavy (non-hydrogen) atoms. The van der Waals surface area contributed by atoms with Gasteiger partial charge in [-0.15, -0.1) is 0 Å². The molecule has 0 radical (unpaired) electrons. The van der Waals surface area contributed by atoms with Crippen LogP contribution in [0.2, 0.25) is 0 Å². The number of hydrogen-bond donors (Lipinski definition) is 1. The number of benzene rings is 1. The second kappa shape index (κ2) is 8.26. The van der Waals surface area contributed by atoms with Gasteiger partial charge in [0.15, 0.2) is 0 Å². The third kappa shape index (κ3) is 3.95. The maximum atomic E-state index is 12.9. The summed E-state index contributed by atoms with van der Waals surface area (Å²) in [5, 5.41) is 2.35. The minimum Gasteiger partial charge on any atom is -0.489 e. The van der Waals surface area contributed by atoms with E-state index in [2.05, 4.69) is 17.1 Å². The first-order valence-electron chi connectivity index (χ1n) is 11.7. The van der Waals surface area contributed by atoms with Gasteiger partial charge >= 0.3 is 0 Å². The van der Waals surface area contributed by atoms with Crippen molar-refractivity contribution in [2.45, 2.75) is 76.6 Å². The van der Waals surface area contributed by atoms with Crippen LogP contribution in [0.15, 0.2) is 18.2 Å². The van der Waals surface area contributed by atoms with E-state index in [0.29, 0.717) is 24.6 Å². The summed E-state index contributed by atoms with van der Waals surface area (Å²) in [6.45, 7) is 5.04. The number of imide groups is 1. The number of hydrogen-bond acceptors (Lipinski definition) is 5. The Bertz CT molecular complexity index is 893. The predicted molar refractivity (Wildman–Crippen MR) is 115 cm³/mol. The minimum absolute atomic E-state index is 0.141. The van der Waals surface area contributed by atoms with E-state index in [1.807, 2.05) is 18.2 Å². The van der Waals surface area contributed by atoms with Crippen molar-refractivity contribution < 1.29 is 19.1 Å². The molecule has 3 amide bonds. The smallest absolute Gasteiger partial charge is 0.255 e. The van der Waals surface area contributed by atoms with Crippen molar-refractivity contribution in [2.75, 3.05) is 13.1 Å². The van der Waals surface area contributed by atoms with Crippen LogP contribution >= 0.6 is 0 Å². The summed E-state index contributed by atoms with van der Waals surface area (Å²) in [7, 11) is 0. The first kappa shape index (κ1) is 20.5. The Morgan fingerprint density at radius 1 is 1.03 bits per heavy atom. The van der Waals surface area contributed by atoms with E-state index >= 15 is 0 Å². The molecule has 0 aromatic heterocycles. The largest absolute Gasteiger partial charge is 0.489 e. The molecule has 1 N–H and O–H groups in total. The predicted octanol–water partition coefficient (Wildman–Crippen LogP) is 2.48. The molecule has 3 atom stereocenters. The zero-order valence-electron chi connectivity index (χ0n) is 18.1. The van der Waals surface area contributed by atoms with E-state index in [-0.39, 0.29) is 30.2 Å². The lowest BCUT2D eigenvalue weighted by molar-refractivity contribution is -0.136. The Balaban J connectivity index is 1.27. The van der Waals surface area contributed by atoms with Crippen LogP contribution in [-0.2, 0) is 16.1 Å². The average Bonchev–Trinajstić information content (AvgIpc) is 3.33. The second-order valence-corrected chi connectivity index (χ2v) is 9.59. The van der Waals surface area contributed by atoms with Crippen molar-refractivity contribution in [1.82, 2.24) is 15.1 Å². The highest BCUT2D eigenvalue weighted by molar-refractivity contribution is 6.05. The van der Waals surface area contributed by atoms with E-state index in [1.54, 1.807) is 4.90 Å². The lowest BCUT2D eigenvalue weighted by Gasteiger charge is -2.37. The fourth-order valence-corrected chi connectivity index (χ4v) is 5.62. The van der Waals surface area contributed by atoms with Crippen LogP contribution in [0.25, 0.3) is 0 Å². The van der Waals surface area contributed by atoms with Crippen LogP contribution in [0.1, 0.15) is 67.8 Å². The number of carbonyl (C=O) groups excluding carboxylic acids is 3. The van der Waals surface area contributed by atoms with E-state index in [9.17, 15) is 14.4 Å². The van der Waals surface area contributed by atoms with Crippen molar-refractivity contribution in [3.05, 3.63) is 29.3 Å². The first-order valence-corrected chi connectivity index (χ1v) is 11.7. The molecule has 3 heterocycles. The van der Waals surface area contributed by atoms with Gasteiger partial charge in [-0.3, -0.25) is 24.6 Å². The van der Waals surface area contributed by atoms with Gasteiger partial charge in [-0.05, 0) is 81.3 Å². The molecular formula is C24H31N3O4. The highest BCUT2D eigenvalue weighted by Gasteiger charge is 2.40. The van der Waals surface area contributed by atoms with Gasteiger partial charge in [0.05, 0.1) is 0 Å². The molecule has 1 aromatic carbocycles. The zero-order chi connectivity index (χ0) is 21.5. The summed E-state index contributed by atoms with van der Waals surface area (Å²) in [6.07, 6.45) is 6.81. The van der Waals surface area contributed by atoms with Crippen LogP contribution in [0.3, 0.4) is 0 Å². The lowest BCUT2D eigenvalue weighted by atomic mass is 9.97. The maximum absolute atomic E-state index is 12.9. The molecule has 7 heteroatoms. The molecule has 5 rings (SSSR count). The molecular weight excluding hydrogens is 394 g/mol. The summed E-state index contributed by atoms with van der Waals surface area (Å²) in [5.74, 6) is 0.837. The van der Waals surface area contributed by atoms with E-state index in [1.165, 1.54) is 25.7 Å². The molecule has 0 bridgehead atoms. The van der Waals surface area contributed by atoms with Gasteiger partial charge in [-0.1, -0.05) is 6.92 Å². The third-order valence-corrected chi connectivity index (χ3v) is 7.49. The fraction of sp³-hybridized carbons (Fsp3) is 0.625. The number of nitrogens with zero attached hydrogens (tertiary/aromatic N) is 2. The SMILES string of the molecule is CC1CCN([C@@H]2CCC[C@@H]2Oc2ccc3c(c2)CN(C2CCC(=O)NC2=O)C3=O)CC1. The van der Waals surface area contributed by atoms with E-state index < -0.39 is 6.04 Å². The van der Waals surface area contributed by atoms with Crippen LogP contribution in [0.4, 0.5) is 0 Å². The maximum Gasteiger partial charge on any atom is 0.255 e. The summed E-state index contributed by atoms with van der Waals surface area (Å²) in [6, 6.07) is 5.57. The third-order valence-electron chi connectivity index (χ3n) is 7.49. The Labute approximate surface area is 183 Å². The van der Waals surface area contributed by atoms with Crippen LogP contribution < -0.4 is 10.1 Å². The van der Waals surface area contributed by atoms with Gasteiger partial charge in [-0.25, -0.2) is 0 Å². The molecule has 166 valence electrons. The second-order valence-electron chi connectivity index (χ2n) is 9.59. The number of fused-ring (bicyclic) bond motifs is 1. The molecule has 1 unspecified atom stereocenters. The Morgan fingerprint density at radius 2 is 1.84 bits per heavy atom. The number of likely N-dealkylation sites (tertiary alicyclic amines) is 1. The molecule has 1 aliphatic carbocycles. The molecule has 7 nitrogen and oxygen atoms in total. The van der Waals surface area contributed by atoms with E-state index in [0.717, 1.165) is 36.7 Å². The number of rotatable bonds is 4. The highest BCUT2D eigenvalue weighted by Crippen LogP contribution is 2.34. The van der Waals surface area contributed by atoms with Crippen LogP contribution in [-0.4, -0.2) is 58.8 Å². The van der Waals surface area contributed by atoms with Crippen molar-refractivity contribution in [1.29, 1.82) is 0 Å². The number of ether oxygens (including phenoxy) is 1. The summed E-state index contributed by atoms with van der Waals surface area (Å²) in [5.41, 5.74) is 1.53. The van der Waals surface area contributed by atoms with Crippen molar-refractivity contribution in [3.63, 3.8) is 0 Å². The molecule has 1 saturated carbocycles. The van der Waals surface area contributed by atoms with Crippen LogP contribution in [0, 0.1) is 5.92 Å². The molecule has 2 saturated heterocycles. The number of amides is 3. The van der Waals surface area contributed by atoms with Gasteiger partial charge in [0, 0.05) is 24.6 Å². The van der Waals surface area contributed by atoms with Crippen LogP contribution in [0.5, 0.6) is 5.75 Å². The Morgan fingerprint density at radius 3 is 2.61 bits per heavy atom. The summed E-state index contributed by atoms with van der Waals surface area (Å²) < 4.78 is 6.45.